The lowest BCUT2D eigenvalue weighted by atomic mass is 10.1. The number of sulfonamides is 1. The standard InChI is InChI=1S/C21H26N2O6S/c1-5-19(20(24)22-16-9-7-15(8-10-16)21(25)28-3)23(30(4,26)27)17-11-13-18(14-12-17)29-6-2/h7-14,19H,5-6H2,1-4H3,(H,22,24)/t19-/m0/s1. The second-order valence-electron chi connectivity index (χ2n) is 6.47. The van der Waals surface area contributed by atoms with E-state index in [1.165, 1.54) is 19.2 Å². The lowest BCUT2D eigenvalue weighted by molar-refractivity contribution is -0.117. The van der Waals surface area contributed by atoms with Gasteiger partial charge in [-0.15, -0.1) is 0 Å². The van der Waals surface area contributed by atoms with Gasteiger partial charge in [0.1, 0.15) is 11.8 Å². The van der Waals surface area contributed by atoms with Crippen LogP contribution < -0.4 is 14.4 Å². The number of methoxy groups -OCH3 is 1. The molecule has 0 saturated carbocycles. The molecular weight excluding hydrogens is 408 g/mol. The Bertz CT molecular complexity index is 972. The van der Waals surface area contributed by atoms with Gasteiger partial charge in [0.2, 0.25) is 15.9 Å². The molecule has 2 aromatic carbocycles. The molecular formula is C21H26N2O6S. The number of ether oxygens (including phenoxy) is 2. The van der Waals surface area contributed by atoms with Gasteiger partial charge >= 0.3 is 5.97 Å². The summed E-state index contributed by atoms with van der Waals surface area (Å²) in [6, 6.07) is 11.7. The number of carbonyl (C=O) groups excluding carboxylic acids is 2. The van der Waals surface area contributed by atoms with Crippen molar-refractivity contribution in [2.24, 2.45) is 0 Å². The Balaban J connectivity index is 2.28. The Morgan fingerprint density at radius 3 is 2.10 bits per heavy atom. The van der Waals surface area contributed by atoms with Crippen LogP contribution in [0.4, 0.5) is 11.4 Å². The highest BCUT2D eigenvalue weighted by atomic mass is 32.2. The average Bonchev–Trinajstić information content (AvgIpc) is 2.72. The summed E-state index contributed by atoms with van der Waals surface area (Å²) in [6.45, 7) is 4.08. The summed E-state index contributed by atoms with van der Waals surface area (Å²) >= 11 is 0. The van der Waals surface area contributed by atoms with Gasteiger partial charge in [-0.3, -0.25) is 9.10 Å². The zero-order valence-electron chi connectivity index (χ0n) is 17.4. The number of anilines is 2. The summed E-state index contributed by atoms with van der Waals surface area (Å²) < 4.78 is 36.2. The molecule has 0 unspecified atom stereocenters. The van der Waals surface area contributed by atoms with Crippen molar-refractivity contribution < 1.29 is 27.5 Å². The van der Waals surface area contributed by atoms with Gasteiger partial charge in [0.25, 0.3) is 0 Å². The molecule has 162 valence electrons. The zero-order valence-corrected chi connectivity index (χ0v) is 18.2. The summed E-state index contributed by atoms with van der Waals surface area (Å²) in [5, 5.41) is 2.71. The van der Waals surface area contributed by atoms with Crippen molar-refractivity contribution >= 4 is 33.3 Å². The van der Waals surface area contributed by atoms with Crippen LogP contribution in [0.5, 0.6) is 5.75 Å². The highest BCUT2D eigenvalue weighted by Gasteiger charge is 2.31. The minimum Gasteiger partial charge on any atom is -0.494 e. The smallest absolute Gasteiger partial charge is 0.337 e. The molecule has 30 heavy (non-hydrogen) atoms. The molecule has 0 aliphatic rings. The molecule has 0 aliphatic heterocycles. The Morgan fingerprint density at radius 1 is 1.03 bits per heavy atom. The Hall–Kier alpha value is -3.07. The normalized spacial score (nSPS) is 12.0. The van der Waals surface area contributed by atoms with E-state index in [0.29, 0.717) is 29.3 Å². The first kappa shape index (κ1) is 23.2. The Morgan fingerprint density at radius 2 is 1.63 bits per heavy atom. The molecule has 0 heterocycles. The third-order valence-electron chi connectivity index (χ3n) is 4.31. The quantitative estimate of drug-likeness (QED) is 0.609. The number of rotatable bonds is 9. The molecule has 8 nitrogen and oxygen atoms in total. The summed E-state index contributed by atoms with van der Waals surface area (Å²) in [6.07, 6.45) is 1.32. The fourth-order valence-corrected chi connectivity index (χ4v) is 4.16. The van der Waals surface area contributed by atoms with Crippen molar-refractivity contribution in [2.45, 2.75) is 26.3 Å². The molecule has 1 atom stereocenters. The predicted octanol–water partition coefficient (Wildman–Crippen LogP) is 3.06. The van der Waals surface area contributed by atoms with E-state index in [0.717, 1.165) is 10.6 Å². The second-order valence-corrected chi connectivity index (χ2v) is 8.33. The molecule has 1 N–H and O–H groups in total. The van der Waals surface area contributed by atoms with Gasteiger partial charge in [-0.1, -0.05) is 6.92 Å². The molecule has 0 aliphatic carbocycles. The lowest BCUT2D eigenvalue weighted by Crippen LogP contribution is -2.47. The Kier molecular flexibility index (Phi) is 7.82. The number of carbonyl (C=O) groups is 2. The van der Waals surface area contributed by atoms with E-state index in [1.54, 1.807) is 43.3 Å². The maximum absolute atomic E-state index is 12.9. The van der Waals surface area contributed by atoms with Crippen LogP contribution >= 0.6 is 0 Å². The van der Waals surface area contributed by atoms with Gasteiger partial charge in [0.15, 0.2) is 0 Å². The van der Waals surface area contributed by atoms with Crippen LogP contribution in [0, 0.1) is 0 Å². The molecule has 2 rings (SSSR count). The molecule has 0 aromatic heterocycles. The van der Waals surface area contributed by atoms with Crippen molar-refractivity contribution in [2.75, 3.05) is 29.6 Å². The van der Waals surface area contributed by atoms with E-state index in [1.807, 2.05) is 6.92 Å². The maximum Gasteiger partial charge on any atom is 0.337 e. The van der Waals surface area contributed by atoms with Crippen molar-refractivity contribution in [3.63, 3.8) is 0 Å². The van der Waals surface area contributed by atoms with Gasteiger partial charge < -0.3 is 14.8 Å². The molecule has 0 radical (unpaired) electrons. The molecule has 0 bridgehead atoms. The molecule has 9 heteroatoms. The van der Waals surface area contributed by atoms with Gasteiger partial charge in [0, 0.05) is 5.69 Å². The largest absolute Gasteiger partial charge is 0.494 e. The zero-order chi connectivity index (χ0) is 22.3. The summed E-state index contributed by atoms with van der Waals surface area (Å²) in [4.78, 5) is 24.4. The van der Waals surface area contributed by atoms with Gasteiger partial charge in [0.05, 0.1) is 31.2 Å². The summed E-state index contributed by atoms with van der Waals surface area (Å²) in [5.41, 5.74) is 1.14. The Labute approximate surface area is 176 Å². The number of nitrogens with one attached hydrogen (secondary N) is 1. The minimum atomic E-state index is -3.74. The van der Waals surface area contributed by atoms with Crippen LogP contribution in [0.15, 0.2) is 48.5 Å². The number of amides is 1. The van der Waals surface area contributed by atoms with E-state index < -0.39 is 27.9 Å². The van der Waals surface area contributed by atoms with E-state index in [2.05, 4.69) is 10.1 Å². The van der Waals surface area contributed by atoms with Crippen LogP contribution in [0.2, 0.25) is 0 Å². The molecule has 0 saturated heterocycles. The number of hydrogen-bond acceptors (Lipinski definition) is 6. The van der Waals surface area contributed by atoms with E-state index in [4.69, 9.17) is 4.74 Å². The van der Waals surface area contributed by atoms with E-state index in [-0.39, 0.29) is 6.42 Å². The van der Waals surface area contributed by atoms with Crippen LogP contribution in [-0.2, 0) is 19.6 Å². The lowest BCUT2D eigenvalue weighted by Gasteiger charge is -2.30. The van der Waals surface area contributed by atoms with Gasteiger partial charge in [-0.25, -0.2) is 13.2 Å². The molecule has 0 spiro atoms. The highest BCUT2D eigenvalue weighted by molar-refractivity contribution is 7.92. The van der Waals surface area contributed by atoms with Crippen LogP contribution in [0.3, 0.4) is 0 Å². The molecule has 2 aromatic rings. The highest BCUT2D eigenvalue weighted by Crippen LogP contribution is 2.26. The monoisotopic (exact) mass is 434 g/mol. The first-order valence-electron chi connectivity index (χ1n) is 9.42. The second kappa shape index (κ2) is 10.1. The van der Waals surface area contributed by atoms with Crippen LogP contribution in [-0.4, -0.2) is 46.3 Å². The van der Waals surface area contributed by atoms with Gasteiger partial charge in [-0.2, -0.15) is 0 Å². The maximum atomic E-state index is 12.9. The van der Waals surface area contributed by atoms with Crippen molar-refractivity contribution in [1.82, 2.24) is 0 Å². The summed E-state index contributed by atoms with van der Waals surface area (Å²) in [5.74, 6) is -0.362. The fraction of sp³-hybridized carbons (Fsp3) is 0.333. The molecule has 1 amide bonds. The first-order chi connectivity index (χ1) is 14.2. The number of esters is 1. The average molecular weight is 435 g/mol. The van der Waals surface area contributed by atoms with Crippen molar-refractivity contribution in [3.05, 3.63) is 54.1 Å². The van der Waals surface area contributed by atoms with Gasteiger partial charge in [-0.05, 0) is 61.9 Å². The van der Waals surface area contributed by atoms with Crippen LogP contribution in [0.25, 0.3) is 0 Å². The van der Waals surface area contributed by atoms with E-state index >= 15 is 0 Å². The van der Waals surface area contributed by atoms with Crippen molar-refractivity contribution in [1.29, 1.82) is 0 Å². The third-order valence-corrected chi connectivity index (χ3v) is 5.49. The summed E-state index contributed by atoms with van der Waals surface area (Å²) in [7, 11) is -2.46. The van der Waals surface area contributed by atoms with E-state index in [9.17, 15) is 18.0 Å². The number of nitrogens with zero attached hydrogens (tertiary/aromatic N) is 1. The number of benzene rings is 2. The molecule has 0 fully saturated rings. The first-order valence-corrected chi connectivity index (χ1v) is 11.3. The SMILES string of the molecule is CCOc1ccc(N([C@@H](CC)C(=O)Nc2ccc(C(=O)OC)cc2)S(C)(=O)=O)cc1. The minimum absolute atomic E-state index is 0.256. The van der Waals surface area contributed by atoms with Crippen LogP contribution in [0.1, 0.15) is 30.6 Å². The number of hydrogen-bond donors (Lipinski definition) is 1. The topological polar surface area (TPSA) is 102 Å². The third kappa shape index (κ3) is 5.73. The van der Waals surface area contributed by atoms with Crippen molar-refractivity contribution in [3.8, 4) is 5.75 Å². The predicted molar refractivity (Wildman–Crippen MR) is 115 cm³/mol. The fourth-order valence-electron chi connectivity index (χ4n) is 2.95.